The van der Waals surface area contributed by atoms with Crippen molar-refractivity contribution in [1.82, 2.24) is 4.31 Å². The van der Waals surface area contributed by atoms with Crippen molar-refractivity contribution in [3.63, 3.8) is 0 Å². The minimum absolute atomic E-state index is 0.0955. The number of piperidine rings is 1. The molecule has 1 aliphatic heterocycles. The van der Waals surface area contributed by atoms with E-state index < -0.39 is 10.0 Å². The van der Waals surface area contributed by atoms with E-state index in [0.29, 0.717) is 18.1 Å². The first-order valence-corrected chi connectivity index (χ1v) is 11.6. The van der Waals surface area contributed by atoms with Gasteiger partial charge >= 0.3 is 0 Å². The van der Waals surface area contributed by atoms with E-state index >= 15 is 0 Å². The lowest BCUT2D eigenvalue weighted by atomic mass is 10.0. The number of carbonyl (C=O) groups excluding carboxylic acids is 1. The second-order valence-corrected chi connectivity index (χ2v) is 9.45. The lowest BCUT2D eigenvalue weighted by molar-refractivity contribution is -0.122. The Bertz CT molecular complexity index is 642. The highest BCUT2D eigenvalue weighted by atomic mass is 35.5. The minimum atomic E-state index is -3.36. The van der Waals surface area contributed by atoms with E-state index in [2.05, 4.69) is 6.58 Å². The van der Waals surface area contributed by atoms with E-state index in [1.54, 1.807) is 13.0 Å². The topological polar surface area (TPSA) is 80.5 Å². The summed E-state index contributed by atoms with van der Waals surface area (Å²) < 4.78 is 26.1. The monoisotopic (exact) mass is 416 g/mol. The first-order chi connectivity index (χ1) is 12.8. The molecule has 154 valence electrons. The lowest BCUT2D eigenvalue weighted by Gasteiger charge is -2.26. The number of carbonyl (C=O) groups is 1. The van der Waals surface area contributed by atoms with Crippen molar-refractivity contribution >= 4 is 27.5 Å². The fourth-order valence-corrected chi connectivity index (χ4v) is 4.96. The van der Waals surface area contributed by atoms with Gasteiger partial charge in [0.2, 0.25) is 15.9 Å². The Morgan fingerprint density at radius 3 is 2.00 bits per heavy atom. The number of nitrogens with zero attached hydrogens (tertiary/aromatic N) is 1. The van der Waals surface area contributed by atoms with Crippen LogP contribution in [0.25, 0.3) is 0 Å². The summed E-state index contributed by atoms with van der Waals surface area (Å²) in [5.41, 5.74) is 5.20. The number of sulfonamides is 1. The Morgan fingerprint density at radius 1 is 1.04 bits per heavy atom. The van der Waals surface area contributed by atoms with Crippen LogP contribution in [0.2, 0.25) is 0 Å². The van der Waals surface area contributed by atoms with Crippen molar-refractivity contribution in [2.24, 2.45) is 11.7 Å². The summed E-state index contributed by atoms with van der Waals surface area (Å²) in [7, 11) is -3.36. The molecular formula is C20H33ClN2O3S. The highest BCUT2D eigenvalue weighted by Crippen LogP contribution is 2.22. The molecule has 1 saturated carbocycles. The molecule has 0 atom stereocenters. The Hall–Kier alpha value is -1.11. The molecule has 1 amide bonds. The maximum Gasteiger partial charge on any atom is 0.242 e. The molecule has 2 fully saturated rings. The number of hydrogen-bond acceptors (Lipinski definition) is 3. The van der Waals surface area contributed by atoms with E-state index in [1.807, 2.05) is 0 Å². The zero-order valence-electron chi connectivity index (χ0n) is 16.3. The summed E-state index contributed by atoms with van der Waals surface area (Å²) in [6.07, 6.45) is 14.5. The predicted octanol–water partition coefficient (Wildman–Crippen LogP) is 4.46. The van der Waals surface area contributed by atoms with Gasteiger partial charge in [-0.2, -0.15) is 4.31 Å². The quantitative estimate of drug-likeness (QED) is 0.530. The summed E-state index contributed by atoms with van der Waals surface area (Å²) in [6.45, 7) is 6.42. The first kappa shape index (κ1) is 23.9. The van der Waals surface area contributed by atoms with Crippen LogP contribution >= 0.6 is 11.6 Å². The molecule has 2 N–H and O–H groups in total. The third-order valence-electron chi connectivity index (χ3n) is 4.92. The van der Waals surface area contributed by atoms with Crippen LogP contribution in [-0.2, 0) is 14.8 Å². The molecule has 5 nitrogen and oxygen atoms in total. The van der Waals surface area contributed by atoms with Gasteiger partial charge < -0.3 is 5.73 Å². The smallest absolute Gasteiger partial charge is 0.242 e. The largest absolute Gasteiger partial charge is 0.369 e. The van der Waals surface area contributed by atoms with Crippen LogP contribution in [0.15, 0.2) is 34.7 Å². The minimum Gasteiger partial charge on any atom is -0.369 e. The standard InChI is InChI=1S/C12H18ClNO2S.C8H15NO/c1-3-12(8-7-11(2)13)17(15,16)14-9-5-4-6-10-14;9-8(10)7-5-3-1-2-4-6-7/h3,7-8H,2,4-6,9-10H2,1H3;7H,1-6H2,(H2,9,10)/b8-7-,12-3+;. The van der Waals surface area contributed by atoms with Gasteiger partial charge in [0.15, 0.2) is 0 Å². The van der Waals surface area contributed by atoms with Crippen molar-refractivity contribution in [3.8, 4) is 0 Å². The van der Waals surface area contributed by atoms with Crippen LogP contribution in [0, 0.1) is 5.92 Å². The van der Waals surface area contributed by atoms with Gasteiger partial charge in [0.1, 0.15) is 0 Å². The molecule has 0 aromatic rings. The van der Waals surface area contributed by atoms with Crippen molar-refractivity contribution in [2.45, 2.75) is 64.7 Å². The van der Waals surface area contributed by atoms with Gasteiger partial charge in [0, 0.05) is 24.0 Å². The second-order valence-electron chi connectivity index (χ2n) is 7.03. The molecule has 1 aliphatic carbocycles. The van der Waals surface area contributed by atoms with Crippen LogP contribution in [0.3, 0.4) is 0 Å². The Labute approximate surface area is 169 Å². The third kappa shape index (κ3) is 8.62. The van der Waals surface area contributed by atoms with Crippen LogP contribution in [0.5, 0.6) is 0 Å². The van der Waals surface area contributed by atoms with Gasteiger partial charge in [-0.1, -0.05) is 56.4 Å². The molecule has 7 heteroatoms. The van der Waals surface area contributed by atoms with Crippen LogP contribution in [-0.4, -0.2) is 31.7 Å². The zero-order valence-corrected chi connectivity index (χ0v) is 17.9. The fourth-order valence-electron chi connectivity index (χ4n) is 3.32. The van der Waals surface area contributed by atoms with Crippen LogP contribution < -0.4 is 5.73 Å². The molecule has 0 aromatic carbocycles. The maximum atomic E-state index is 12.3. The number of rotatable bonds is 5. The lowest BCUT2D eigenvalue weighted by Crippen LogP contribution is -2.36. The number of halogens is 1. The predicted molar refractivity (Wildman–Crippen MR) is 113 cm³/mol. The number of hydrogen-bond donors (Lipinski definition) is 1. The van der Waals surface area contributed by atoms with Crippen molar-refractivity contribution in [1.29, 1.82) is 0 Å². The Morgan fingerprint density at radius 2 is 1.56 bits per heavy atom. The van der Waals surface area contributed by atoms with Crippen LogP contribution in [0.4, 0.5) is 0 Å². The van der Waals surface area contributed by atoms with Gasteiger partial charge in [0.05, 0.1) is 4.91 Å². The van der Waals surface area contributed by atoms with Crippen LogP contribution in [0.1, 0.15) is 64.7 Å². The normalized spacial score (nSPS) is 20.6. The van der Waals surface area contributed by atoms with Gasteiger partial charge in [0.25, 0.3) is 0 Å². The van der Waals surface area contributed by atoms with Crippen molar-refractivity contribution < 1.29 is 13.2 Å². The maximum absolute atomic E-state index is 12.3. The molecule has 1 saturated heterocycles. The molecule has 0 bridgehead atoms. The van der Waals surface area contributed by atoms with E-state index in [1.165, 1.54) is 42.1 Å². The van der Waals surface area contributed by atoms with E-state index in [4.69, 9.17) is 17.3 Å². The molecule has 2 rings (SSSR count). The van der Waals surface area contributed by atoms with Crippen molar-refractivity contribution in [2.75, 3.05) is 13.1 Å². The van der Waals surface area contributed by atoms with E-state index in [-0.39, 0.29) is 16.7 Å². The molecule has 0 spiro atoms. The summed E-state index contributed by atoms with van der Waals surface area (Å²) in [6, 6.07) is 0. The van der Waals surface area contributed by atoms with Gasteiger partial charge in [-0.05, 0) is 44.8 Å². The highest BCUT2D eigenvalue weighted by Gasteiger charge is 2.26. The Kier molecular flexibility index (Phi) is 11.0. The molecule has 0 radical (unpaired) electrons. The van der Waals surface area contributed by atoms with Crippen molar-refractivity contribution in [3.05, 3.63) is 34.7 Å². The average Bonchev–Trinajstić information content (AvgIpc) is 2.93. The van der Waals surface area contributed by atoms with Gasteiger partial charge in [-0.25, -0.2) is 8.42 Å². The zero-order chi connectivity index (χ0) is 20.3. The third-order valence-corrected chi connectivity index (χ3v) is 7.06. The molecule has 0 aromatic heterocycles. The Balaban J connectivity index is 0.000000309. The van der Waals surface area contributed by atoms with Gasteiger partial charge in [-0.15, -0.1) is 0 Å². The molecule has 1 heterocycles. The summed E-state index contributed by atoms with van der Waals surface area (Å²) in [5, 5.41) is 0.318. The molecule has 0 unspecified atom stereocenters. The molecular weight excluding hydrogens is 384 g/mol. The SMILES string of the molecule is C=C(Cl)/C=C\C(=C/C)S(=O)(=O)N1CCCCC1.NC(=O)C1CCCCCC1. The number of nitrogens with two attached hydrogens (primary N) is 1. The molecule has 2 aliphatic rings. The van der Waals surface area contributed by atoms with E-state index in [0.717, 1.165) is 32.1 Å². The molecule has 27 heavy (non-hydrogen) atoms. The number of allylic oxidation sites excluding steroid dienone is 4. The second kappa shape index (κ2) is 12.4. The summed E-state index contributed by atoms with van der Waals surface area (Å²) >= 11 is 5.60. The average molecular weight is 417 g/mol. The highest BCUT2D eigenvalue weighted by molar-refractivity contribution is 7.93. The number of primary amides is 1. The number of amides is 1. The van der Waals surface area contributed by atoms with Gasteiger partial charge in [-0.3, -0.25) is 4.79 Å². The summed E-state index contributed by atoms with van der Waals surface area (Å²) in [5.74, 6) is 0.0874. The fraction of sp³-hybridized carbons (Fsp3) is 0.650. The van der Waals surface area contributed by atoms with E-state index in [9.17, 15) is 13.2 Å². The first-order valence-electron chi connectivity index (χ1n) is 9.77. The summed E-state index contributed by atoms with van der Waals surface area (Å²) in [4.78, 5) is 11.0.